The molecule has 0 aromatic rings. The van der Waals surface area contributed by atoms with Crippen LogP contribution in [0.15, 0.2) is 25.3 Å². The molecule has 1 aliphatic heterocycles. The Morgan fingerprint density at radius 3 is 2.35 bits per heavy atom. The van der Waals surface area contributed by atoms with Crippen LogP contribution in [0.25, 0.3) is 0 Å². The number of piperidine rings is 1. The Balaban J connectivity index is 3.12. The largest absolute Gasteiger partial charge is 0.299 e. The van der Waals surface area contributed by atoms with E-state index in [0.29, 0.717) is 12.2 Å². The molecule has 1 aliphatic rings. The highest BCUT2D eigenvalue weighted by Gasteiger charge is 2.49. The maximum absolute atomic E-state index is 12.3. The van der Waals surface area contributed by atoms with Gasteiger partial charge in [0.15, 0.2) is 0 Å². The summed E-state index contributed by atoms with van der Waals surface area (Å²) in [4.78, 5) is 14.7. The first kappa shape index (κ1) is 14.2. The second-order valence-electron chi connectivity index (χ2n) is 6.09. The minimum atomic E-state index is -0.138. The van der Waals surface area contributed by atoms with E-state index in [0.717, 1.165) is 13.0 Å². The molecule has 0 N–H and O–H groups in total. The molecule has 0 bridgehead atoms. The van der Waals surface area contributed by atoms with Gasteiger partial charge in [0.2, 0.25) is 0 Å². The lowest BCUT2D eigenvalue weighted by molar-refractivity contribution is -0.142. The van der Waals surface area contributed by atoms with E-state index in [4.69, 9.17) is 0 Å². The maximum atomic E-state index is 12.3. The number of Topliss-reactive ketones (excluding diaryl/α,β-unsaturated/α-hetero) is 1. The number of nitrogens with zero attached hydrogens (tertiary/aromatic N) is 1. The highest BCUT2D eigenvalue weighted by atomic mass is 16.1. The van der Waals surface area contributed by atoms with Crippen molar-refractivity contribution in [2.24, 2.45) is 5.92 Å². The summed E-state index contributed by atoms with van der Waals surface area (Å²) in [7, 11) is 0. The lowest BCUT2D eigenvalue weighted by Crippen LogP contribution is -2.65. The minimum Gasteiger partial charge on any atom is -0.299 e. The zero-order chi connectivity index (χ0) is 13.3. The van der Waals surface area contributed by atoms with Crippen molar-refractivity contribution in [3.05, 3.63) is 25.3 Å². The molecule has 0 radical (unpaired) electrons. The molecular formula is C15H25NO. The molecule has 0 aromatic heterocycles. The lowest BCUT2D eigenvalue weighted by Gasteiger charge is -2.55. The summed E-state index contributed by atoms with van der Waals surface area (Å²) in [5.74, 6) is 0.410. The predicted octanol–water partition coefficient (Wildman–Crippen LogP) is 3.20. The monoisotopic (exact) mass is 235 g/mol. The summed E-state index contributed by atoms with van der Waals surface area (Å²) >= 11 is 0. The molecule has 1 saturated heterocycles. The second-order valence-corrected chi connectivity index (χ2v) is 6.09. The lowest BCUT2D eigenvalue weighted by atomic mass is 9.70. The van der Waals surface area contributed by atoms with Crippen molar-refractivity contribution in [2.75, 3.05) is 6.54 Å². The van der Waals surface area contributed by atoms with E-state index in [9.17, 15) is 4.79 Å². The van der Waals surface area contributed by atoms with Gasteiger partial charge in [-0.1, -0.05) is 12.2 Å². The Morgan fingerprint density at radius 1 is 1.29 bits per heavy atom. The van der Waals surface area contributed by atoms with Crippen LogP contribution in [0.5, 0.6) is 0 Å². The number of likely N-dealkylation sites (tertiary alicyclic amines) is 1. The fourth-order valence-corrected chi connectivity index (χ4v) is 3.21. The molecule has 0 amide bonds. The van der Waals surface area contributed by atoms with E-state index in [-0.39, 0.29) is 17.0 Å². The minimum absolute atomic E-state index is 0.0491. The van der Waals surface area contributed by atoms with Crippen molar-refractivity contribution >= 4 is 5.78 Å². The molecule has 0 aliphatic carbocycles. The average molecular weight is 235 g/mol. The van der Waals surface area contributed by atoms with E-state index in [1.54, 1.807) is 0 Å². The van der Waals surface area contributed by atoms with Crippen LogP contribution in [0.1, 0.15) is 40.5 Å². The quantitative estimate of drug-likeness (QED) is 0.697. The first-order valence-corrected chi connectivity index (χ1v) is 6.29. The number of allylic oxidation sites excluding steroid dienone is 1. The van der Waals surface area contributed by atoms with E-state index in [1.807, 2.05) is 12.2 Å². The van der Waals surface area contributed by atoms with Crippen molar-refractivity contribution in [1.82, 2.24) is 4.90 Å². The van der Waals surface area contributed by atoms with Gasteiger partial charge in [0.1, 0.15) is 5.78 Å². The molecule has 0 saturated carbocycles. The molecule has 2 heteroatoms. The number of ketones is 1. The van der Waals surface area contributed by atoms with Gasteiger partial charge in [-0.2, -0.15) is 0 Å². The summed E-state index contributed by atoms with van der Waals surface area (Å²) in [6, 6.07) is 0. The number of rotatable bonds is 4. The summed E-state index contributed by atoms with van der Waals surface area (Å²) in [5.41, 5.74) is -0.229. The molecule has 1 unspecified atom stereocenters. The van der Waals surface area contributed by atoms with Crippen LogP contribution in [-0.2, 0) is 4.79 Å². The summed E-state index contributed by atoms with van der Waals surface area (Å²) in [6.07, 6.45) is 5.15. The summed E-state index contributed by atoms with van der Waals surface area (Å²) in [5, 5.41) is 0. The molecular weight excluding hydrogens is 210 g/mol. The fourth-order valence-electron chi connectivity index (χ4n) is 3.21. The normalized spacial score (nSPS) is 27.8. The number of hydrogen-bond donors (Lipinski definition) is 0. The third-order valence-electron chi connectivity index (χ3n) is 3.99. The van der Waals surface area contributed by atoms with E-state index in [1.165, 1.54) is 0 Å². The number of carbonyl (C=O) groups is 1. The fraction of sp³-hybridized carbons (Fsp3) is 0.667. The predicted molar refractivity (Wildman–Crippen MR) is 73.0 cm³/mol. The Kier molecular flexibility index (Phi) is 3.98. The zero-order valence-corrected chi connectivity index (χ0v) is 11.6. The van der Waals surface area contributed by atoms with Crippen molar-refractivity contribution in [2.45, 2.75) is 51.6 Å². The van der Waals surface area contributed by atoms with Crippen LogP contribution >= 0.6 is 0 Å². The van der Waals surface area contributed by atoms with Crippen LogP contribution in [-0.4, -0.2) is 28.3 Å². The van der Waals surface area contributed by atoms with Gasteiger partial charge in [0.05, 0.1) is 0 Å². The van der Waals surface area contributed by atoms with Crippen LogP contribution < -0.4 is 0 Å². The summed E-state index contributed by atoms with van der Waals surface area (Å²) < 4.78 is 0. The first-order valence-electron chi connectivity index (χ1n) is 6.29. The van der Waals surface area contributed by atoms with Gasteiger partial charge in [-0.05, 0) is 34.1 Å². The molecule has 1 heterocycles. The number of carbonyl (C=O) groups excluding carboxylic acids is 1. The maximum Gasteiger partial charge on any atom is 0.139 e. The molecule has 96 valence electrons. The molecule has 17 heavy (non-hydrogen) atoms. The van der Waals surface area contributed by atoms with Crippen molar-refractivity contribution in [3.8, 4) is 0 Å². The molecule has 1 atom stereocenters. The van der Waals surface area contributed by atoms with Crippen LogP contribution in [0.3, 0.4) is 0 Å². The zero-order valence-electron chi connectivity index (χ0n) is 11.6. The third-order valence-corrected chi connectivity index (χ3v) is 3.99. The Bertz CT molecular complexity index is 328. The highest BCUT2D eigenvalue weighted by molar-refractivity contribution is 5.84. The molecule has 0 aromatic carbocycles. The van der Waals surface area contributed by atoms with Gasteiger partial charge in [0, 0.05) is 30.0 Å². The average Bonchev–Trinajstić information content (AvgIpc) is 2.19. The van der Waals surface area contributed by atoms with E-state index < -0.39 is 0 Å². The first-order chi connectivity index (χ1) is 7.77. The van der Waals surface area contributed by atoms with Crippen LogP contribution in [0, 0.1) is 5.92 Å². The molecule has 2 nitrogen and oxygen atoms in total. The Labute approximate surface area is 105 Å². The third kappa shape index (κ3) is 2.52. The second kappa shape index (κ2) is 4.77. The standard InChI is InChI=1S/C15H25NO/c1-7-9-12-13(17)11-14(3,4)16(10-8-2)15(12,5)6/h7-8,12H,1-2,9-11H2,3-6H3. The van der Waals surface area contributed by atoms with Gasteiger partial charge in [-0.25, -0.2) is 0 Å². The molecule has 1 rings (SSSR count). The molecule has 1 fully saturated rings. The van der Waals surface area contributed by atoms with Crippen molar-refractivity contribution in [1.29, 1.82) is 0 Å². The molecule has 0 spiro atoms. The Hall–Kier alpha value is -0.890. The van der Waals surface area contributed by atoms with Gasteiger partial charge in [-0.3, -0.25) is 9.69 Å². The topological polar surface area (TPSA) is 20.3 Å². The van der Waals surface area contributed by atoms with E-state index >= 15 is 0 Å². The SMILES string of the molecule is C=CCC1C(=O)CC(C)(C)N(CC=C)C1(C)C. The van der Waals surface area contributed by atoms with Gasteiger partial charge < -0.3 is 0 Å². The van der Waals surface area contributed by atoms with Crippen LogP contribution in [0.2, 0.25) is 0 Å². The van der Waals surface area contributed by atoms with Gasteiger partial charge in [-0.15, -0.1) is 13.2 Å². The van der Waals surface area contributed by atoms with Gasteiger partial charge in [0.25, 0.3) is 0 Å². The van der Waals surface area contributed by atoms with Crippen LogP contribution in [0.4, 0.5) is 0 Å². The van der Waals surface area contributed by atoms with Gasteiger partial charge >= 0.3 is 0 Å². The van der Waals surface area contributed by atoms with Crippen molar-refractivity contribution in [3.63, 3.8) is 0 Å². The van der Waals surface area contributed by atoms with E-state index in [2.05, 4.69) is 45.8 Å². The highest BCUT2D eigenvalue weighted by Crippen LogP contribution is 2.41. The Morgan fingerprint density at radius 2 is 1.88 bits per heavy atom. The smallest absolute Gasteiger partial charge is 0.139 e. The number of hydrogen-bond acceptors (Lipinski definition) is 2. The van der Waals surface area contributed by atoms with Crippen molar-refractivity contribution < 1.29 is 4.79 Å². The summed E-state index contributed by atoms with van der Waals surface area (Å²) in [6.45, 7) is 17.0.